The van der Waals surface area contributed by atoms with Gasteiger partial charge in [-0.1, -0.05) is 17.7 Å². The summed E-state index contributed by atoms with van der Waals surface area (Å²) >= 11 is 7.28. The first kappa shape index (κ1) is 18.4. The minimum Gasteiger partial charge on any atom is -0.450 e. The topological polar surface area (TPSA) is 73.6 Å². The van der Waals surface area contributed by atoms with Crippen molar-refractivity contribution >= 4 is 35.4 Å². The van der Waals surface area contributed by atoms with Crippen LogP contribution in [0.25, 0.3) is 0 Å². The molecule has 0 aliphatic carbocycles. The van der Waals surface area contributed by atoms with Crippen molar-refractivity contribution in [2.45, 2.75) is 11.8 Å². The molecule has 6 nitrogen and oxygen atoms in total. The summed E-state index contributed by atoms with van der Waals surface area (Å²) in [5.41, 5.74) is 0.393. The number of hydrogen-bond donors (Lipinski definition) is 0. The molecule has 1 saturated heterocycles. The maximum absolute atomic E-state index is 12.3. The maximum Gasteiger partial charge on any atom is 0.409 e. The van der Waals surface area contributed by atoms with Crippen molar-refractivity contribution in [1.29, 1.82) is 5.26 Å². The van der Waals surface area contributed by atoms with Crippen LogP contribution >= 0.6 is 23.4 Å². The second-order valence-electron chi connectivity index (χ2n) is 5.08. The summed E-state index contributed by atoms with van der Waals surface area (Å²) in [6.45, 7) is 4.01. The van der Waals surface area contributed by atoms with Crippen LogP contribution in [-0.4, -0.2) is 60.3 Å². The molecule has 0 N–H and O–H groups in total. The molecule has 1 fully saturated rings. The van der Waals surface area contributed by atoms with Gasteiger partial charge in [0, 0.05) is 31.1 Å². The number of rotatable bonds is 4. The molecule has 0 bridgehead atoms. The average Bonchev–Trinajstić information content (AvgIpc) is 2.60. The fourth-order valence-corrected chi connectivity index (χ4v) is 3.53. The summed E-state index contributed by atoms with van der Waals surface area (Å²) in [6, 6.07) is 7.25. The molecule has 0 radical (unpaired) electrons. The Bertz CT molecular complexity index is 654. The van der Waals surface area contributed by atoms with Gasteiger partial charge in [-0.3, -0.25) is 4.79 Å². The Hall–Kier alpha value is -1.91. The zero-order chi connectivity index (χ0) is 17.5. The number of hydrogen-bond acceptors (Lipinski definition) is 5. The van der Waals surface area contributed by atoms with Crippen LogP contribution in [0.15, 0.2) is 23.1 Å². The van der Waals surface area contributed by atoms with Crippen LogP contribution in [0, 0.1) is 11.3 Å². The molecule has 1 heterocycles. The van der Waals surface area contributed by atoms with E-state index in [1.165, 1.54) is 11.8 Å². The number of thioether (sulfide) groups is 1. The summed E-state index contributed by atoms with van der Waals surface area (Å²) in [7, 11) is 0. The molecule has 128 valence electrons. The van der Waals surface area contributed by atoms with E-state index in [0.29, 0.717) is 48.3 Å². The fourth-order valence-electron chi connectivity index (χ4n) is 2.32. The predicted molar refractivity (Wildman–Crippen MR) is 92.1 cm³/mol. The van der Waals surface area contributed by atoms with Crippen LogP contribution in [0.4, 0.5) is 4.79 Å². The number of carbonyl (C=O) groups excluding carboxylic acids is 2. The van der Waals surface area contributed by atoms with Crippen molar-refractivity contribution in [3.63, 3.8) is 0 Å². The minimum atomic E-state index is -0.337. The second-order valence-corrected chi connectivity index (χ2v) is 6.50. The Kier molecular flexibility index (Phi) is 6.76. The van der Waals surface area contributed by atoms with Crippen molar-refractivity contribution in [3.8, 4) is 6.07 Å². The third-order valence-corrected chi connectivity index (χ3v) is 4.95. The molecule has 0 unspecified atom stereocenters. The number of amides is 2. The third-order valence-electron chi connectivity index (χ3n) is 3.60. The molecular formula is C16H18ClN3O3S. The Labute approximate surface area is 150 Å². The standard InChI is InChI=1S/C16H18ClN3O3S/c1-2-23-16(22)20-8-6-19(7-9-20)15(21)11-24-14-5-3-4-13(17)12(14)10-18/h3-5H,2,6-9,11H2,1H3. The maximum atomic E-state index is 12.3. The minimum absolute atomic E-state index is 0.0209. The van der Waals surface area contributed by atoms with E-state index in [1.807, 2.05) is 0 Å². The highest BCUT2D eigenvalue weighted by Gasteiger charge is 2.24. The van der Waals surface area contributed by atoms with Crippen LogP contribution in [0.3, 0.4) is 0 Å². The predicted octanol–water partition coefficient (Wildman–Crippen LogP) is 2.60. The molecule has 24 heavy (non-hydrogen) atoms. The molecule has 1 aliphatic rings. The normalized spacial score (nSPS) is 14.2. The van der Waals surface area contributed by atoms with Gasteiger partial charge >= 0.3 is 6.09 Å². The van der Waals surface area contributed by atoms with Crippen molar-refractivity contribution in [2.24, 2.45) is 0 Å². The molecule has 0 spiro atoms. The van der Waals surface area contributed by atoms with Gasteiger partial charge in [0.2, 0.25) is 5.91 Å². The van der Waals surface area contributed by atoms with Crippen LogP contribution < -0.4 is 0 Å². The summed E-state index contributed by atoms with van der Waals surface area (Å²) < 4.78 is 4.96. The van der Waals surface area contributed by atoms with Crippen molar-refractivity contribution < 1.29 is 14.3 Å². The fraction of sp³-hybridized carbons (Fsp3) is 0.438. The lowest BCUT2D eigenvalue weighted by Gasteiger charge is -2.34. The van der Waals surface area contributed by atoms with Crippen molar-refractivity contribution in [1.82, 2.24) is 9.80 Å². The SMILES string of the molecule is CCOC(=O)N1CCN(C(=O)CSc2cccc(Cl)c2C#N)CC1. The molecule has 2 rings (SSSR count). The van der Waals surface area contributed by atoms with E-state index in [2.05, 4.69) is 6.07 Å². The average molecular weight is 368 g/mol. The molecule has 0 saturated carbocycles. The first-order valence-electron chi connectivity index (χ1n) is 7.57. The van der Waals surface area contributed by atoms with Gasteiger partial charge in [-0.2, -0.15) is 5.26 Å². The third kappa shape index (κ3) is 4.56. The highest BCUT2D eigenvalue weighted by atomic mass is 35.5. The van der Waals surface area contributed by atoms with Gasteiger partial charge in [0.05, 0.1) is 22.9 Å². The first-order chi connectivity index (χ1) is 11.6. The lowest BCUT2D eigenvalue weighted by Crippen LogP contribution is -2.51. The monoisotopic (exact) mass is 367 g/mol. The Morgan fingerprint density at radius 3 is 2.58 bits per heavy atom. The van der Waals surface area contributed by atoms with E-state index in [1.54, 1.807) is 34.9 Å². The first-order valence-corrected chi connectivity index (χ1v) is 8.94. The summed E-state index contributed by atoms with van der Waals surface area (Å²) in [5, 5.41) is 9.53. The number of ether oxygens (including phenoxy) is 1. The molecule has 1 aliphatic heterocycles. The molecule has 0 atom stereocenters. The molecule has 0 aromatic heterocycles. The van der Waals surface area contributed by atoms with E-state index < -0.39 is 0 Å². The quantitative estimate of drug-likeness (QED) is 0.765. The lowest BCUT2D eigenvalue weighted by atomic mass is 10.2. The Morgan fingerprint density at radius 2 is 1.96 bits per heavy atom. The van der Waals surface area contributed by atoms with Gasteiger partial charge in [-0.25, -0.2) is 4.79 Å². The molecule has 2 amide bonds. The van der Waals surface area contributed by atoms with Crippen LogP contribution in [-0.2, 0) is 9.53 Å². The summed E-state index contributed by atoms with van der Waals surface area (Å²) in [6.07, 6.45) is -0.337. The smallest absolute Gasteiger partial charge is 0.409 e. The number of carbonyl (C=O) groups is 2. The molecule has 1 aromatic carbocycles. The molecule has 8 heteroatoms. The lowest BCUT2D eigenvalue weighted by molar-refractivity contribution is -0.129. The number of piperazine rings is 1. The van der Waals surface area contributed by atoms with E-state index in [-0.39, 0.29) is 17.8 Å². The van der Waals surface area contributed by atoms with Gasteiger partial charge in [-0.15, -0.1) is 11.8 Å². The van der Waals surface area contributed by atoms with Gasteiger partial charge in [0.25, 0.3) is 0 Å². The second kappa shape index (κ2) is 8.81. The van der Waals surface area contributed by atoms with Crippen molar-refractivity contribution in [2.75, 3.05) is 38.5 Å². The zero-order valence-corrected chi connectivity index (χ0v) is 14.9. The largest absolute Gasteiger partial charge is 0.450 e. The van der Waals surface area contributed by atoms with Crippen LogP contribution in [0.1, 0.15) is 12.5 Å². The number of halogens is 1. The van der Waals surface area contributed by atoms with E-state index >= 15 is 0 Å². The van der Waals surface area contributed by atoms with E-state index in [0.717, 1.165) is 0 Å². The summed E-state index contributed by atoms with van der Waals surface area (Å²) in [5.74, 6) is 0.210. The van der Waals surface area contributed by atoms with Gasteiger partial charge in [0.15, 0.2) is 0 Å². The van der Waals surface area contributed by atoms with E-state index in [4.69, 9.17) is 21.6 Å². The number of nitriles is 1. The zero-order valence-electron chi connectivity index (χ0n) is 13.3. The van der Waals surface area contributed by atoms with Gasteiger partial charge < -0.3 is 14.5 Å². The number of benzene rings is 1. The molecular weight excluding hydrogens is 350 g/mol. The Morgan fingerprint density at radius 1 is 1.29 bits per heavy atom. The number of nitrogens with zero attached hydrogens (tertiary/aromatic N) is 3. The molecule has 1 aromatic rings. The van der Waals surface area contributed by atoms with Gasteiger partial charge in [0.1, 0.15) is 6.07 Å². The Balaban J connectivity index is 1.86. The summed E-state index contributed by atoms with van der Waals surface area (Å²) in [4.78, 5) is 28.0. The van der Waals surface area contributed by atoms with Crippen molar-refractivity contribution in [3.05, 3.63) is 28.8 Å². The van der Waals surface area contributed by atoms with Crippen LogP contribution in [0.2, 0.25) is 5.02 Å². The van der Waals surface area contributed by atoms with Crippen LogP contribution in [0.5, 0.6) is 0 Å². The highest BCUT2D eigenvalue weighted by molar-refractivity contribution is 8.00. The van der Waals surface area contributed by atoms with E-state index in [9.17, 15) is 9.59 Å². The van der Waals surface area contributed by atoms with Gasteiger partial charge in [-0.05, 0) is 19.1 Å². The highest BCUT2D eigenvalue weighted by Crippen LogP contribution is 2.28.